The molecular formula is C39H51N3O6S. The van der Waals surface area contributed by atoms with Gasteiger partial charge in [0.15, 0.2) is 0 Å². The summed E-state index contributed by atoms with van der Waals surface area (Å²) in [4.78, 5) is 27.4. The number of anilines is 1. The van der Waals surface area contributed by atoms with E-state index in [4.69, 9.17) is 14.7 Å². The van der Waals surface area contributed by atoms with Crippen molar-refractivity contribution in [3.05, 3.63) is 83.9 Å². The average molecular weight is 690 g/mol. The molecule has 0 saturated carbocycles. The molecule has 3 aromatic rings. The monoisotopic (exact) mass is 689 g/mol. The summed E-state index contributed by atoms with van der Waals surface area (Å²) in [6.07, 6.45) is 10.9. The molecule has 0 radical (unpaired) electrons. The van der Waals surface area contributed by atoms with Crippen molar-refractivity contribution < 1.29 is 27.5 Å². The van der Waals surface area contributed by atoms with Crippen molar-refractivity contribution >= 4 is 27.4 Å². The number of carbonyl (C=O) groups is 2. The number of carbonyl (C=O) groups excluding carboxylic acids is 2. The maximum atomic E-state index is 14.1. The van der Waals surface area contributed by atoms with Gasteiger partial charge < -0.3 is 14.8 Å². The highest BCUT2D eigenvalue weighted by Gasteiger charge is 2.32. The van der Waals surface area contributed by atoms with Gasteiger partial charge in [-0.2, -0.15) is 9.57 Å². The number of hydrogen-bond acceptors (Lipinski definition) is 7. The Labute approximate surface area is 292 Å². The van der Waals surface area contributed by atoms with E-state index in [1.54, 1.807) is 34.6 Å². The molecule has 1 atom stereocenters. The molecule has 9 nitrogen and oxygen atoms in total. The Morgan fingerprint density at radius 1 is 0.796 bits per heavy atom. The first kappa shape index (κ1) is 39.2. The third kappa shape index (κ3) is 12.3. The lowest BCUT2D eigenvalue weighted by molar-refractivity contribution is -0.120. The van der Waals surface area contributed by atoms with Crippen molar-refractivity contribution in [1.29, 1.82) is 5.26 Å². The minimum atomic E-state index is -3.91. The standard InChI is InChI=1S/C39H51N3O6S/c1-4-6-8-10-12-17-27-42(28-18-13-11-9-7-5-2)49(45,46)34-25-26-36(47-3)35(29-34)41-39(44)38(37(43)32-19-15-14-16-20-32)48-33-23-21-31(30-40)22-24-33/h14-16,19-26,29,38H,4-13,17-18,27-28H2,1-3H3,(H,41,44). The number of nitriles is 1. The van der Waals surface area contributed by atoms with Gasteiger partial charge in [-0.3, -0.25) is 9.59 Å². The zero-order valence-electron chi connectivity index (χ0n) is 29.2. The smallest absolute Gasteiger partial charge is 0.273 e. The highest BCUT2D eigenvalue weighted by molar-refractivity contribution is 7.89. The van der Waals surface area contributed by atoms with Gasteiger partial charge in [-0.05, 0) is 55.3 Å². The number of nitrogens with one attached hydrogen (secondary N) is 1. The summed E-state index contributed by atoms with van der Waals surface area (Å²) in [7, 11) is -2.49. The second kappa shape index (κ2) is 21.0. The molecule has 0 bridgehead atoms. The van der Waals surface area contributed by atoms with Crippen LogP contribution in [0.1, 0.15) is 107 Å². The Bertz CT molecular complexity index is 1590. The number of unbranched alkanes of at least 4 members (excludes halogenated alkanes) is 10. The molecule has 0 aliphatic carbocycles. The van der Waals surface area contributed by atoms with Crippen molar-refractivity contribution in [3.63, 3.8) is 0 Å². The lowest BCUT2D eigenvalue weighted by Gasteiger charge is -2.23. The lowest BCUT2D eigenvalue weighted by Crippen LogP contribution is -2.40. The third-order valence-electron chi connectivity index (χ3n) is 8.36. The van der Waals surface area contributed by atoms with E-state index in [9.17, 15) is 18.0 Å². The van der Waals surface area contributed by atoms with Crippen molar-refractivity contribution in [1.82, 2.24) is 4.31 Å². The minimum absolute atomic E-state index is 0.0273. The van der Waals surface area contributed by atoms with Crippen LogP contribution in [0.15, 0.2) is 77.7 Å². The number of amides is 1. The molecule has 0 aliphatic rings. The Morgan fingerprint density at radius 2 is 1.37 bits per heavy atom. The second-order valence-electron chi connectivity index (χ2n) is 12.2. The van der Waals surface area contributed by atoms with E-state index in [1.165, 1.54) is 62.4 Å². The summed E-state index contributed by atoms with van der Waals surface area (Å²) >= 11 is 0. The quantitative estimate of drug-likeness (QED) is 0.0601. The van der Waals surface area contributed by atoms with Gasteiger partial charge in [0, 0.05) is 18.7 Å². The first-order valence-corrected chi connectivity index (χ1v) is 18.9. The zero-order chi connectivity index (χ0) is 35.5. The first-order chi connectivity index (χ1) is 23.7. The number of methoxy groups -OCH3 is 1. The van der Waals surface area contributed by atoms with Crippen LogP contribution in [0.25, 0.3) is 0 Å². The zero-order valence-corrected chi connectivity index (χ0v) is 30.0. The minimum Gasteiger partial charge on any atom is -0.495 e. The maximum Gasteiger partial charge on any atom is 0.273 e. The average Bonchev–Trinajstić information content (AvgIpc) is 3.12. The fraction of sp³-hybridized carbons (Fsp3) is 0.462. The lowest BCUT2D eigenvalue weighted by atomic mass is 10.1. The molecule has 0 aliphatic heterocycles. The number of ether oxygens (including phenoxy) is 2. The van der Waals surface area contributed by atoms with Gasteiger partial charge in [-0.1, -0.05) is 108 Å². The van der Waals surface area contributed by atoms with Gasteiger partial charge in [-0.25, -0.2) is 8.42 Å². The van der Waals surface area contributed by atoms with Gasteiger partial charge in [0.05, 0.1) is 29.3 Å². The first-order valence-electron chi connectivity index (χ1n) is 17.5. The Hall–Kier alpha value is -4.20. The van der Waals surface area contributed by atoms with Gasteiger partial charge in [-0.15, -0.1) is 0 Å². The highest BCUT2D eigenvalue weighted by Crippen LogP contribution is 2.30. The van der Waals surface area contributed by atoms with Gasteiger partial charge in [0.2, 0.25) is 21.9 Å². The number of rotatable bonds is 23. The summed E-state index contributed by atoms with van der Waals surface area (Å²) < 4.78 is 41.1. The number of hydrogen-bond donors (Lipinski definition) is 1. The van der Waals surface area contributed by atoms with E-state index < -0.39 is 27.8 Å². The molecule has 0 spiro atoms. The molecule has 0 saturated heterocycles. The Morgan fingerprint density at radius 3 is 1.92 bits per heavy atom. The van der Waals surface area contributed by atoms with E-state index in [1.807, 2.05) is 6.07 Å². The van der Waals surface area contributed by atoms with Crippen LogP contribution in [0.5, 0.6) is 11.5 Å². The predicted octanol–water partition coefficient (Wildman–Crippen LogP) is 8.55. The largest absolute Gasteiger partial charge is 0.495 e. The number of benzene rings is 3. The molecule has 49 heavy (non-hydrogen) atoms. The van der Waals surface area contributed by atoms with Gasteiger partial charge >= 0.3 is 0 Å². The summed E-state index contributed by atoms with van der Waals surface area (Å²) in [5.74, 6) is -0.946. The van der Waals surface area contributed by atoms with Crippen molar-refractivity contribution in [2.45, 2.75) is 102 Å². The van der Waals surface area contributed by atoms with Crippen molar-refractivity contribution in [2.75, 3.05) is 25.5 Å². The van der Waals surface area contributed by atoms with E-state index in [2.05, 4.69) is 19.2 Å². The van der Waals surface area contributed by atoms with Crippen LogP contribution in [-0.4, -0.2) is 50.7 Å². The second-order valence-corrected chi connectivity index (χ2v) is 14.1. The molecule has 0 heterocycles. The molecule has 3 rings (SSSR count). The molecule has 0 aromatic heterocycles. The van der Waals surface area contributed by atoms with E-state index >= 15 is 0 Å². The summed E-state index contributed by atoms with van der Waals surface area (Å²) in [6.45, 7) is 5.18. The Kier molecular flexibility index (Phi) is 16.8. The number of ketones is 1. The molecule has 1 unspecified atom stereocenters. The Balaban J connectivity index is 1.87. The van der Waals surface area contributed by atoms with Gasteiger partial charge in [0.25, 0.3) is 5.91 Å². The van der Waals surface area contributed by atoms with Crippen molar-refractivity contribution in [2.24, 2.45) is 0 Å². The predicted molar refractivity (Wildman–Crippen MR) is 193 cm³/mol. The fourth-order valence-electron chi connectivity index (χ4n) is 5.51. The van der Waals surface area contributed by atoms with Crippen molar-refractivity contribution in [3.8, 4) is 17.6 Å². The van der Waals surface area contributed by atoms with E-state index in [0.29, 0.717) is 18.7 Å². The van der Waals surface area contributed by atoms with Gasteiger partial charge in [0.1, 0.15) is 11.5 Å². The molecule has 1 amide bonds. The summed E-state index contributed by atoms with van der Waals surface area (Å²) in [6, 6.07) is 20.8. The van der Waals surface area contributed by atoms with E-state index in [0.717, 1.165) is 64.2 Å². The molecule has 10 heteroatoms. The van der Waals surface area contributed by atoms with Crippen LogP contribution in [0.4, 0.5) is 5.69 Å². The van der Waals surface area contributed by atoms with Crippen LogP contribution in [0.2, 0.25) is 0 Å². The van der Waals surface area contributed by atoms with Crippen LogP contribution in [-0.2, 0) is 14.8 Å². The maximum absolute atomic E-state index is 14.1. The molecule has 0 fully saturated rings. The fourth-order valence-corrected chi connectivity index (χ4v) is 7.05. The molecule has 264 valence electrons. The number of nitrogens with zero attached hydrogens (tertiary/aromatic N) is 2. The third-order valence-corrected chi connectivity index (χ3v) is 10.3. The molecule has 1 N–H and O–H groups in total. The molecule has 3 aromatic carbocycles. The van der Waals surface area contributed by atoms with Crippen LogP contribution in [0.3, 0.4) is 0 Å². The normalized spacial score (nSPS) is 11.9. The molecular weight excluding hydrogens is 639 g/mol. The topological polar surface area (TPSA) is 126 Å². The van der Waals surface area contributed by atoms with E-state index in [-0.39, 0.29) is 27.6 Å². The van der Waals surface area contributed by atoms with Crippen LogP contribution in [0, 0.1) is 11.3 Å². The number of Topliss-reactive ketones (excluding diaryl/α,β-unsaturated/α-hetero) is 1. The number of sulfonamides is 1. The summed E-state index contributed by atoms with van der Waals surface area (Å²) in [5.41, 5.74) is 0.758. The summed E-state index contributed by atoms with van der Waals surface area (Å²) in [5, 5.41) is 11.9. The van der Waals surface area contributed by atoms with Crippen LogP contribution >= 0.6 is 0 Å². The van der Waals surface area contributed by atoms with Crippen LogP contribution < -0.4 is 14.8 Å². The highest BCUT2D eigenvalue weighted by atomic mass is 32.2. The SMILES string of the molecule is CCCCCCCCN(CCCCCCCC)S(=O)(=O)c1ccc(OC)c(NC(=O)C(Oc2ccc(C#N)cc2)C(=O)c2ccccc2)c1.